The number of rotatable bonds is 8. The van der Waals surface area contributed by atoms with Crippen molar-refractivity contribution >= 4 is 17.5 Å². The maximum absolute atomic E-state index is 12.7. The molecule has 4 rings (SSSR count). The van der Waals surface area contributed by atoms with Gasteiger partial charge in [-0.2, -0.15) is 0 Å². The van der Waals surface area contributed by atoms with Crippen LogP contribution in [0.2, 0.25) is 0 Å². The number of aliphatic hydroxyl groups excluding tert-OH is 1. The van der Waals surface area contributed by atoms with Crippen LogP contribution in [0.3, 0.4) is 0 Å². The molecule has 35 heavy (non-hydrogen) atoms. The van der Waals surface area contributed by atoms with Crippen molar-refractivity contribution in [2.24, 2.45) is 0 Å². The summed E-state index contributed by atoms with van der Waals surface area (Å²) in [5.41, 5.74) is 2.44. The zero-order chi connectivity index (χ0) is 24.8. The number of hydrogen-bond donors (Lipinski definition) is 2. The third kappa shape index (κ3) is 5.45. The van der Waals surface area contributed by atoms with Crippen molar-refractivity contribution in [3.63, 3.8) is 0 Å². The fourth-order valence-corrected chi connectivity index (χ4v) is 4.13. The maximum Gasteiger partial charge on any atom is 0.259 e. The molecule has 0 spiro atoms. The number of benzene rings is 3. The third-order valence-electron chi connectivity index (χ3n) is 5.99. The molecule has 0 bridgehead atoms. The Morgan fingerprint density at radius 2 is 1.69 bits per heavy atom. The van der Waals surface area contributed by atoms with E-state index in [-0.39, 0.29) is 25.0 Å². The van der Waals surface area contributed by atoms with Gasteiger partial charge in [0.15, 0.2) is 0 Å². The van der Waals surface area contributed by atoms with E-state index in [4.69, 9.17) is 14.2 Å². The molecule has 1 aliphatic heterocycles. The van der Waals surface area contributed by atoms with E-state index >= 15 is 0 Å². The number of ether oxygens (including phenoxy) is 3. The second-order valence-corrected chi connectivity index (χ2v) is 8.14. The van der Waals surface area contributed by atoms with Crippen LogP contribution < -0.4 is 14.8 Å². The SMILES string of the molecule is COc1ccccc1CN1C(=O)COC[C@@H]1[C@H](O)c1ccc(NC(=O)c2ccccc2OC)cc1. The van der Waals surface area contributed by atoms with Crippen molar-refractivity contribution < 1.29 is 28.9 Å². The summed E-state index contributed by atoms with van der Waals surface area (Å²) in [6.45, 7) is 0.460. The fraction of sp³-hybridized carbons (Fsp3) is 0.259. The molecule has 1 fully saturated rings. The van der Waals surface area contributed by atoms with E-state index in [2.05, 4.69) is 5.32 Å². The molecule has 1 saturated heterocycles. The Kier molecular flexibility index (Phi) is 7.64. The standard InChI is InChI=1S/C27H28N2O6/c1-33-23-9-5-3-7-19(23)15-29-22(16-35-17-25(29)30)26(31)18-11-13-20(14-12-18)28-27(32)21-8-4-6-10-24(21)34-2/h3-14,22,26,31H,15-17H2,1-2H3,(H,28,32)/t22-,26-/m1/s1. The van der Waals surface area contributed by atoms with Gasteiger partial charge in [-0.05, 0) is 35.9 Å². The first-order chi connectivity index (χ1) is 17.0. The Hall–Kier alpha value is -3.88. The minimum Gasteiger partial charge on any atom is -0.496 e. The van der Waals surface area contributed by atoms with Gasteiger partial charge in [0.2, 0.25) is 5.91 Å². The van der Waals surface area contributed by atoms with Crippen LogP contribution >= 0.6 is 0 Å². The number of hydrogen-bond acceptors (Lipinski definition) is 6. The molecular weight excluding hydrogens is 448 g/mol. The summed E-state index contributed by atoms with van der Waals surface area (Å²) in [7, 11) is 3.10. The van der Waals surface area contributed by atoms with Crippen LogP contribution in [0.1, 0.15) is 27.6 Å². The summed E-state index contributed by atoms with van der Waals surface area (Å²) in [5, 5.41) is 14.0. The second kappa shape index (κ2) is 11.0. The van der Waals surface area contributed by atoms with Crippen LogP contribution in [0.4, 0.5) is 5.69 Å². The summed E-state index contributed by atoms with van der Waals surface area (Å²) in [5.74, 6) is 0.654. The van der Waals surface area contributed by atoms with Crippen molar-refractivity contribution in [1.82, 2.24) is 4.90 Å². The summed E-state index contributed by atoms with van der Waals surface area (Å²) in [4.78, 5) is 27.0. The zero-order valence-electron chi connectivity index (χ0n) is 19.6. The Balaban J connectivity index is 1.49. The molecule has 0 radical (unpaired) electrons. The van der Waals surface area contributed by atoms with Crippen LogP contribution in [-0.4, -0.2) is 55.3 Å². The smallest absolute Gasteiger partial charge is 0.259 e. The molecule has 0 aromatic heterocycles. The molecule has 0 aliphatic carbocycles. The Morgan fingerprint density at radius 3 is 2.40 bits per heavy atom. The van der Waals surface area contributed by atoms with Crippen LogP contribution in [0.25, 0.3) is 0 Å². The number of aliphatic hydroxyl groups is 1. The Bertz CT molecular complexity index is 1180. The quantitative estimate of drug-likeness (QED) is 0.517. The molecule has 2 N–H and O–H groups in total. The average molecular weight is 477 g/mol. The predicted molar refractivity (Wildman–Crippen MR) is 130 cm³/mol. The monoisotopic (exact) mass is 476 g/mol. The van der Waals surface area contributed by atoms with Crippen LogP contribution in [-0.2, 0) is 16.1 Å². The van der Waals surface area contributed by atoms with E-state index in [9.17, 15) is 14.7 Å². The summed E-state index contributed by atoms with van der Waals surface area (Å²) < 4.78 is 16.1. The lowest BCUT2D eigenvalue weighted by Crippen LogP contribution is -2.51. The van der Waals surface area contributed by atoms with E-state index in [1.165, 1.54) is 7.11 Å². The van der Waals surface area contributed by atoms with Crippen LogP contribution in [0.15, 0.2) is 72.8 Å². The van der Waals surface area contributed by atoms with Crippen molar-refractivity contribution in [3.05, 3.63) is 89.5 Å². The molecule has 1 aliphatic rings. The van der Waals surface area contributed by atoms with Crippen molar-refractivity contribution in [1.29, 1.82) is 0 Å². The lowest BCUT2D eigenvalue weighted by Gasteiger charge is -2.38. The largest absolute Gasteiger partial charge is 0.496 e. The van der Waals surface area contributed by atoms with Gasteiger partial charge in [-0.15, -0.1) is 0 Å². The minimum absolute atomic E-state index is 0.0354. The van der Waals surface area contributed by atoms with Gasteiger partial charge in [-0.25, -0.2) is 0 Å². The number of carbonyl (C=O) groups excluding carboxylic acids is 2. The number of morpholine rings is 1. The zero-order valence-corrected chi connectivity index (χ0v) is 19.6. The van der Waals surface area contributed by atoms with Gasteiger partial charge in [0.25, 0.3) is 5.91 Å². The molecule has 8 nitrogen and oxygen atoms in total. The van der Waals surface area contributed by atoms with E-state index < -0.39 is 12.1 Å². The van der Waals surface area contributed by atoms with Gasteiger partial charge in [0, 0.05) is 17.8 Å². The molecule has 2 atom stereocenters. The number of methoxy groups -OCH3 is 2. The highest BCUT2D eigenvalue weighted by Crippen LogP contribution is 2.29. The van der Waals surface area contributed by atoms with Gasteiger partial charge in [0.1, 0.15) is 24.2 Å². The van der Waals surface area contributed by atoms with Gasteiger partial charge >= 0.3 is 0 Å². The molecule has 3 aromatic carbocycles. The first-order valence-electron chi connectivity index (χ1n) is 11.2. The lowest BCUT2D eigenvalue weighted by molar-refractivity contribution is -0.155. The van der Waals surface area contributed by atoms with Crippen molar-refractivity contribution in [2.75, 3.05) is 32.8 Å². The lowest BCUT2D eigenvalue weighted by atomic mass is 9.99. The number of nitrogens with zero attached hydrogens (tertiary/aromatic N) is 1. The third-order valence-corrected chi connectivity index (χ3v) is 5.99. The fourth-order valence-electron chi connectivity index (χ4n) is 4.13. The molecule has 0 unspecified atom stereocenters. The average Bonchev–Trinajstić information content (AvgIpc) is 2.90. The number of amides is 2. The molecular formula is C27H28N2O6. The number of anilines is 1. The summed E-state index contributed by atoms with van der Waals surface area (Å²) in [6.07, 6.45) is -0.979. The summed E-state index contributed by atoms with van der Waals surface area (Å²) in [6, 6.07) is 20.7. The first-order valence-corrected chi connectivity index (χ1v) is 11.2. The first kappa shape index (κ1) is 24.3. The van der Waals surface area contributed by atoms with Crippen molar-refractivity contribution in [3.8, 4) is 11.5 Å². The second-order valence-electron chi connectivity index (χ2n) is 8.14. The van der Waals surface area contributed by atoms with Crippen molar-refractivity contribution in [2.45, 2.75) is 18.7 Å². The number of para-hydroxylation sites is 2. The number of carbonyl (C=O) groups is 2. The van der Waals surface area contributed by atoms with Gasteiger partial charge < -0.3 is 29.5 Å². The van der Waals surface area contributed by atoms with Gasteiger partial charge in [-0.1, -0.05) is 42.5 Å². The normalized spacial score (nSPS) is 16.5. The molecule has 8 heteroatoms. The minimum atomic E-state index is -0.979. The van der Waals surface area contributed by atoms with Crippen LogP contribution in [0, 0.1) is 0 Å². The Labute approximate surface area is 204 Å². The summed E-state index contributed by atoms with van der Waals surface area (Å²) >= 11 is 0. The predicted octanol–water partition coefficient (Wildman–Crippen LogP) is 3.42. The van der Waals surface area contributed by atoms with E-state index in [0.717, 1.165) is 5.56 Å². The molecule has 1 heterocycles. The topological polar surface area (TPSA) is 97.3 Å². The van der Waals surface area contributed by atoms with Gasteiger partial charge in [-0.3, -0.25) is 9.59 Å². The van der Waals surface area contributed by atoms with E-state index in [0.29, 0.717) is 34.9 Å². The van der Waals surface area contributed by atoms with Crippen LogP contribution in [0.5, 0.6) is 11.5 Å². The molecule has 2 amide bonds. The molecule has 0 saturated carbocycles. The Morgan fingerprint density at radius 1 is 1.03 bits per heavy atom. The maximum atomic E-state index is 12.7. The highest BCUT2D eigenvalue weighted by Gasteiger charge is 2.35. The van der Waals surface area contributed by atoms with E-state index in [1.54, 1.807) is 60.5 Å². The molecule has 182 valence electrons. The highest BCUT2D eigenvalue weighted by atomic mass is 16.5. The molecule has 3 aromatic rings. The number of nitrogens with one attached hydrogen (secondary N) is 1. The highest BCUT2D eigenvalue weighted by molar-refractivity contribution is 6.06. The van der Waals surface area contributed by atoms with E-state index in [1.807, 2.05) is 24.3 Å². The van der Waals surface area contributed by atoms with Gasteiger partial charge in [0.05, 0.1) is 32.4 Å².